The Bertz CT molecular complexity index is 512. The molecule has 2 aliphatic rings. The van der Waals surface area contributed by atoms with E-state index in [4.69, 9.17) is 0 Å². The van der Waals surface area contributed by atoms with Gasteiger partial charge in [-0.25, -0.2) is 0 Å². The molecule has 1 N–H and O–H groups in total. The van der Waals surface area contributed by atoms with Gasteiger partial charge in [-0.15, -0.1) is 0 Å². The fourth-order valence-corrected chi connectivity index (χ4v) is 5.10. The largest absolute Gasteiger partial charge is 0.306 e. The second kappa shape index (κ2) is 4.33. The molecule has 1 aromatic heterocycles. The van der Waals surface area contributed by atoms with Crippen LogP contribution in [0.2, 0.25) is 0 Å². The van der Waals surface area contributed by atoms with E-state index in [1.165, 1.54) is 24.8 Å². The van der Waals surface area contributed by atoms with E-state index in [-0.39, 0.29) is 0 Å². The highest BCUT2D eigenvalue weighted by atomic mass is 15.3. The highest BCUT2D eigenvalue weighted by Gasteiger charge is 2.59. The first-order valence-corrected chi connectivity index (χ1v) is 8.00. The van der Waals surface area contributed by atoms with Crippen molar-refractivity contribution in [2.75, 3.05) is 0 Å². The Kier molecular flexibility index (Phi) is 3.06. The van der Waals surface area contributed by atoms with Crippen LogP contribution in [-0.2, 0) is 7.05 Å². The number of aromatic nitrogens is 2. The van der Waals surface area contributed by atoms with Crippen LogP contribution in [0.5, 0.6) is 0 Å². The van der Waals surface area contributed by atoms with Crippen LogP contribution < -0.4 is 5.32 Å². The van der Waals surface area contributed by atoms with Gasteiger partial charge in [0.1, 0.15) is 0 Å². The van der Waals surface area contributed by atoms with E-state index in [0.717, 1.165) is 11.6 Å². The summed E-state index contributed by atoms with van der Waals surface area (Å²) in [6.07, 6.45) is 6.37. The minimum atomic E-state index is 0.379. The zero-order valence-electron chi connectivity index (χ0n) is 13.8. The quantitative estimate of drug-likeness (QED) is 0.913. The minimum absolute atomic E-state index is 0.379. The summed E-state index contributed by atoms with van der Waals surface area (Å²) in [5.74, 6) is 0.896. The average molecular weight is 275 g/mol. The summed E-state index contributed by atoms with van der Waals surface area (Å²) in [5.41, 5.74) is 3.39. The molecule has 2 fully saturated rings. The average Bonchev–Trinajstić information content (AvgIpc) is 2.93. The number of nitrogens with zero attached hydrogens (tertiary/aromatic N) is 2. The molecule has 2 aliphatic carbocycles. The summed E-state index contributed by atoms with van der Waals surface area (Å²) in [5, 5.41) is 8.44. The Morgan fingerprint density at radius 2 is 2.10 bits per heavy atom. The maximum atomic E-state index is 4.49. The highest BCUT2D eigenvalue weighted by Crippen LogP contribution is 2.62. The maximum Gasteiger partial charge on any atom is 0.0641 e. The predicted octanol–water partition coefficient (Wildman–Crippen LogP) is 3.59. The number of hydrogen-bond donors (Lipinski definition) is 1. The van der Waals surface area contributed by atoms with Gasteiger partial charge in [-0.3, -0.25) is 4.68 Å². The lowest BCUT2D eigenvalue weighted by Gasteiger charge is -2.44. The Morgan fingerprint density at radius 1 is 1.40 bits per heavy atom. The summed E-state index contributed by atoms with van der Waals surface area (Å²) in [4.78, 5) is 0. The van der Waals surface area contributed by atoms with Gasteiger partial charge in [0.2, 0.25) is 0 Å². The second-order valence-electron chi connectivity index (χ2n) is 8.08. The third kappa shape index (κ3) is 1.93. The highest BCUT2D eigenvalue weighted by molar-refractivity contribution is 5.21. The van der Waals surface area contributed by atoms with Crippen LogP contribution in [0.15, 0.2) is 6.20 Å². The Balaban J connectivity index is 1.82. The molecule has 2 bridgehead atoms. The number of nitrogens with one attached hydrogen (secondary N) is 1. The molecule has 1 heterocycles. The molecule has 0 radical (unpaired) electrons. The molecule has 3 nitrogen and oxygen atoms in total. The summed E-state index contributed by atoms with van der Waals surface area (Å²) >= 11 is 0. The molecule has 0 amide bonds. The van der Waals surface area contributed by atoms with Gasteiger partial charge in [-0.1, -0.05) is 20.8 Å². The van der Waals surface area contributed by atoms with Crippen molar-refractivity contribution in [3.63, 3.8) is 0 Å². The summed E-state index contributed by atoms with van der Waals surface area (Å²) < 4.78 is 1.93. The Labute approximate surface area is 123 Å². The van der Waals surface area contributed by atoms with Crippen molar-refractivity contribution in [2.45, 2.75) is 66.0 Å². The van der Waals surface area contributed by atoms with E-state index >= 15 is 0 Å². The lowest BCUT2D eigenvalue weighted by atomic mass is 9.68. The summed E-state index contributed by atoms with van der Waals surface area (Å²) in [6, 6.07) is 0.993. The molecule has 3 heteroatoms. The normalized spacial score (nSPS) is 36.5. The van der Waals surface area contributed by atoms with Crippen LogP contribution in [0.3, 0.4) is 0 Å². The van der Waals surface area contributed by atoms with Crippen LogP contribution in [-0.4, -0.2) is 15.8 Å². The summed E-state index contributed by atoms with van der Waals surface area (Å²) in [7, 11) is 2.01. The molecule has 2 saturated carbocycles. The van der Waals surface area contributed by atoms with Crippen molar-refractivity contribution in [2.24, 2.45) is 23.8 Å². The molecule has 4 atom stereocenters. The second-order valence-corrected chi connectivity index (χ2v) is 8.08. The zero-order chi connectivity index (χ0) is 14.7. The van der Waals surface area contributed by atoms with E-state index < -0.39 is 0 Å². The van der Waals surface area contributed by atoms with E-state index in [1.807, 2.05) is 11.7 Å². The van der Waals surface area contributed by atoms with Crippen LogP contribution in [0.25, 0.3) is 0 Å². The maximum absolute atomic E-state index is 4.49. The van der Waals surface area contributed by atoms with Gasteiger partial charge in [0, 0.05) is 30.9 Å². The third-order valence-corrected chi connectivity index (χ3v) is 6.20. The van der Waals surface area contributed by atoms with Gasteiger partial charge in [0.15, 0.2) is 0 Å². The number of rotatable bonds is 3. The molecular formula is C17H29N3. The van der Waals surface area contributed by atoms with E-state index in [9.17, 15) is 0 Å². The van der Waals surface area contributed by atoms with Crippen LogP contribution in [0, 0.1) is 23.7 Å². The van der Waals surface area contributed by atoms with Crippen LogP contribution in [0.1, 0.15) is 64.3 Å². The van der Waals surface area contributed by atoms with Crippen LogP contribution >= 0.6 is 0 Å². The Hall–Kier alpha value is -0.830. The van der Waals surface area contributed by atoms with Gasteiger partial charge < -0.3 is 5.32 Å². The fourth-order valence-electron chi connectivity index (χ4n) is 5.10. The standard InChI is InChI=1S/C17H29N3/c1-11(14-10-20(6)19-12(14)2)18-15-16(3,4)13-7-8-17(15,5)9-13/h10-11,13,15,18H,7-9H2,1-6H3. The van der Waals surface area contributed by atoms with Crippen molar-refractivity contribution in [3.8, 4) is 0 Å². The van der Waals surface area contributed by atoms with Gasteiger partial charge in [0.05, 0.1) is 5.69 Å². The first-order valence-electron chi connectivity index (χ1n) is 8.00. The minimum Gasteiger partial charge on any atom is -0.306 e. The SMILES string of the molecule is Cc1nn(C)cc1C(C)NC1C2(C)CCC(C2)C1(C)C. The van der Waals surface area contributed by atoms with Crippen molar-refractivity contribution in [3.05, 3.63) is 17.5 Å². The van der Waals surface area contributed by atoms with E-state index in [0.29, 0.717) is 22.9 Å². The fraction of sp³-hybridized carbons (Fsp3) is 0.824. The van der Waals surface area contributed by atoms with Crippen molar-refractivity contribution in [1.82, 2.24) is 15.1 Å². The number of fused-ring (bicyclic) bond motifs is 2. The molecule has 20 heavy (non-hydrogen) atoms. The molecular weight excluding hydrogens is 246 g/mol. The van der Waals surface area contributed by atoms with Gasteiger partial charge in [-0.05, 0) is 49.9 Å². The van der Waals surface area contributed by atoms with Crippen molar-refractivity contribution in [1.29, 1.82) is 0 Å². The van der Waals surface area contributed by atoms with Gasteiger partial charge in [0.25, 0.3) is 0 Å². The van der Waals surface area contributed by atoms with Crippen molar-refractivity contribution < 1.29 is 0 Å². The molecule has 0 aliphatic heterocycles. The van der Waals surface area contributed by atoms with Gasteiger partial charge >= 0.3 is 0 Å². The molecule has 4 unspecified atom stereocenters. The third-order valence-electron chi connectivity index (χ3n) is 6.20. The predicted molar refractivity (Wildman–Crippen MR) is 82.5 cm³/mol. The zero-order valence-corrected chi connectivity index (χ0v) is 13.8. The molecule has 3 rings (SSSR count). The first-order chi connectivity index (χ1) is 9.24. The smallest absolute Gasteiger partial charge is 0.0641 e. The lowest BCUT2D eigenvalue weighted by molar-refractivity contribution is 0.100. The molecule has 112 valence electrons. The van der Waals surface area contributed by atoms with Crippen molar-refractivity contribution >= 4 is 0 Å². The summed E-state index contributed by atoms with van der Waals surface area (Å²) in [6.45, 7) is 11.8. The van der Waals surface area contributed by atoms with Gasteiger partial charge in [-0.2, -0.15) is 5.10 Å². The first kappa shape index (κ1) is 14.1. The number of aryl methyl sites for hydroxylation is 2. The topological polar surface area (TPSA) is 29.9 Å². The lowest BCUT2D eigenvalue weighted by Crippen LogP contribution is -2.51. The van der Waals surface area contributed by atoms with E-state index in [1.54, 1.807) is 0 Å². The van der Waals surface area contributed by atoms with Crippen LogP contribution in [0.4, 0.5) is 0 Å². The molecule has 0 aromatic carbocycles. The Morgan fingerprint density at radius 3 is 2.60 bits per heavy atom. The number of hydrogen-bond acceptors (Lipinski definition) is 2. The molecule has 0 spiro atoms. The monoisotopic (exact) mass is 275 g/mol. The molecule has 1 aromatic rings. The molecule has 0 saturated heterocycles. The van der Waals surface area contributed by atoms with E-state index in [2.05, 4.69) is 51.2 Å².